The quantitative estimate of drug-likeness (QED) is 0.868. The van der Waals surface area contributed by atoms with Crippen molar-refractivity contribution in [3.05, 3.63) is 27.7 Å². The minimum atomic E-state index is 0.314. The van der Waals surface area contributed by atoms with E-state index >= 15 is 0 Å². The van der Waals surface area contributed by atoms with Crippen LogP contribution >= 0.6 is 27.5 Å². The first-order valence-corrected chi connectivity index (χ1v) is 7.09. The SMILES string of the molecule is CC1CC(Nc2cccc(Cl)c2Br)CC(C)O1. The van der Waals surface area contributed by atoms with Gasteiger partial charge in [-0.3, -0.25) is 0 Å². The summed E-state index contributed by atoms with van der Waals surface area (Å²) in [4.78, 5) is 0. The number of ether oxygens (including phenoxy) is 1. The number of rotatable bonds is 2. The summed E-state index contributed by atoms with van der Waals surface area (Å²) < 4.78 is 6.67. The predicted octanol–water partition coefficient (Wildman–Crippen LogP) is 4.47. The molecule has 2 nitrogen and oxygen atoms in total. The van der Waals surface area contributed by atoms with Crippen molar-refractivity contribution in [1.29, 1.82) is 0 Å². The van der Waals surface area contributed by atoms with Crippen molar-refractivity contribution < 1.29 is 4.74 Å². The summed E-state index contributed by atoms with van der Waals surface area (Å²) in [6, 6.07) is 6.33. The highest BCUT2D eigenvalue weighted by molar-refractivity contribution is 9.10. The molecule has 1 aliphatic heterocycles. The van der Waals surface area contributed by atoms with Gasteiger partial charge in [0.15, 0.2) is 0 Å². The van der Waals surface area contributed by atoms with E-state index in [2.05, 4.69) is 35.1 Å². The predicted molar refractivity (Wildman–Crippen MR) is 75.8 cm³/mol. The first-order valence-electron chi connectivity index (χ1n) is 5.92. The standard InChI is InChI=1S/C13H17BrClNO/c1-8-6-10(7-9(2)17-8)16-12-5-3-4-11(15)13(12)14/h3-5,8-10,16H,6-7H2,1-2H3. The maximum Gasteiger partial charge on any atom is 0.0593 e. The minimum absolute atomic E-state index is 0.314. The molecular formula is C13H17BrClNO. The van der Waals surface area contributed by atoms with Crippen LogP contribution in [0.2, 0.25) is 5.02 Å². The van der Waals surface area contributed by atoms with Gasteiger partial charge in [0.2, 0.25) is 0 Å². The number of benzene rings is 1. The monoisotopic (exact) mass is 317 g/mol. The second-order valence-electron chi connectivity index (χ2n) is 4.67. The second-order valence-corrected chi connectivity index (χ2v) is 5.87. The number of hydrogen-bond acceptors (Lipinski definition) is 2. The van der Waals surface area contributed by atoms with E-state index in [1.165, 1.54) is 0 Å². The summed E-state index contributed by atoms with van der Waals surface area (Å²) in [6.07, 6.45) is 2.69. The Morgan fingerprint density at radius 2 is 1.94 bits per heavy atom. The lowest BCUT2D eigenvalue weighted by molar-refractivity contribution is -0.0337. The van der Waals surface area contributed by atoms with E-state index in [0.717, 1.165) is 28.0 Å². The van der Waals surface area contributed by atoms with Crippen LogP contribution < -0.4 is 5.32 Å². The fraction of sp³-hybridized carbons (Fsp3) is 0.538. The van der Waals surface area contributed by atoms with E-state index in [9.17, 15) is 0 Å². The topological polar surface area (TPSA) is 21.3 Å². The highest BCUT2D eigenvalue weighted by Gasteiger charge is 2.24. The highest BCUT2D eigenvalue weighted by Crippen LogP contribution is 2.32. The summed E-state index contributed by atoms with van der Waals surface area (Å²) >= 11 is 9.59. The van der Waals surface area contributed by atoms with Crippen molar-refractivity contribution in [1.82, 2.24) is 0 Å². The highest BCUT2D eigenvalue weighted by atomic mass is 79.9. The van der Waals surface area contributed by atoms with Crippen molar-refractivity contribution in [2.75, 3.05) is 5.32 Å². The Kier molecular flexibility index (Phi) is 4.34. The van der Waals surface area contributed by atoms with Gasteiger partial charge in [-0.05, 0) is 54.8 Å². The fourth-order valence-electron chi connectivity index (χ4n) is 2.36. The van der Waals surface area contributed by atoms with E-state index in [4.69, 9.17) is 16.3 Å². The normalized spacial score (nSPS) is 29.1. The van der Waals surface area contributed by atoms with E-state index in [1.807, 2.05) is 18.2 Å². The van der Waals surface area contributed by atoms with Gasteiger partial charge in [0, 0.05) is 6.04 Å². The molecule has 1 fully saturated rings. The van der Waals surface area contributed by atoms with Crippen LogP contribution in [0.5, 0.6) is 0 Å². The van der Waals surface area contributed by atoms with Crippen LogP contribution in [0.15, 0.2) is 22.7 Å². The molecule has 1 aliphatic rings. The Bertz CT molecular complexity index is 389. The zero-order valence-electron chi connectivity index (χ0n) is 10.0. The van der Waals surface area contributed by atoms with Crippen molar-refractivity contribution in [3.8, 4) is 0 Å². The van der Waals surface area contributed by atoms with Gasteiger partial charge in [-0.1, -0.05) is 17.7 Å². The van der Waals surface area contributed by atoms with Crippen LogP contribution in [-0.2, 0) is 4.74 Å². The molecule has 0 radical (unpaired) electrons. The third-order valence-electron chi connectivity index (χ3n) is 3.01. The first-order chi connectivity index (χ1) is 8.06. The van der Waals surface area contributed by atoms with Gasteiger partial charge in [-0.15, -0.1) is 0 Å². The smallest absolute Gasteiger partial charge is 0.0593 e. The molecule has 17 heavy (non-hydrogen) atoms. The Balaban J connectivity index is 2.07. The summed E-state index contributed by atoms with van der Waals surface area (Å²) in [5.74, 6) is 0. The average Bonchev–Trinajstić information content (AvgIpc) is 2.23. The van der Waals surface area contributed by atoms with Gasteiger partial charge in [0.25, 0.3) is 0 Å². The molecule has 0 aromatic heterocycles. The Labute approximate surface area is 116 Å². The lowest BCUT2D eigenvalue weighted by Crippen LogP contribution is -2.36. The first kappa shape index (κ1) is 13.2. The number of nitrogens with one attached hydrogen (secondary N) is 1. The average molecular weight is 319 g/mol. The molecule has 1 aromatic carbocycles. The molecule has 4 heteroatoms. The molecule has 0 saturated carbocycles. The van der Waals surface area contributed by atoms with Gasteiger partial charge < -0.3 is 10.1 Å². The molecule has 0 bridgehead atoms. The Morgan fingerprint density at radius 1 is 1.29 bits per heavy atom. The van der Waals surface area contributed by atoms with Crippen LogP contribution in [-0.4, -0.2) is 18.2 Å². The van der Waals surface area contributed by atoms with Gasteiger partial charge in [0.1, 0.15) is 0 Å². The number of hydrogen-bond donors (Lipinski definition) is 1. The number of anilines is 1. The molecule has 2 atom stereocenters. The largest absolute Gasteiger partial charge is 0.381 e. The van der Waals surface area contributed by atoms with Gasteiger partial charge in [-0.2, -0.15) is 0 Å². The van der Waals surface area contributed by atoms with E-state index in [1.54, 1.807) is 0 Å². The van der Waals surface area contributed by atoms with E-state index in [-0.39, 0.29) is 0 Å². The summed E-state index contributed by atoms with van der Waals surface area (Å²) in [5.41, 5.74) is 1.06. The van der Waals surface area contributed by atoms with Crippen molar-refractivity contribution in [2.24, 2.45) is 0 Å². The van der Waals surface area contributed by atoms with Gasteiger partial charge in [-0.25, -0.2) is 0 Å². The van der Waals surface area contributed by atoms with Crippen LogP contribution in [0, 0.1) is 0 Å². The second kappa shape index (κ2) is 5.59. The van der Waals surface area contributed by atoms with E-state index < -0.39 is 0 Å². The Hall–Kier alpha value is -0.250. The van der Waals surface area contributed by atoms with Gasteiger partial charge >= 0.3 is 0 Å². The lowest BCUT2D eigenvalue weighted by atomic mass is 9.99. The van der Waals surface area contributed by atoms with Crippen LogP contribution in [0.1, 0.15) is 26.7 Å². The van der Waals surface area contributed by atoms with Crippen molar-refractivity contribution in [2.45, 2.75) is 44.9 Å². The molecule has 1 N–H and O–H groups in total. The van der Waals surface area contributed by atoms with Crippen LogP contribution in [0.3, 0.4) is 0 Å². The number of halogens is 2. The zero-order chi connectivity index (χ0) is 12.4. The van der Waals surface area contributed by atoms with Crippen molar-refractivity contribution in [3.63, 3.8) is 0 Å². The lowest BCUT2D eigenvalue weighted by Gasteiger charge is -2.33. The molecular weight excluding hydrogens is 302 g/mol. The maximum atomic E-state index is 6.08. The minimum Gasteiger partial charge on any atom is -0.381 e. The fourth-order valence-corrected chi connectivity index (χ4v) is 2.91. The molecule has 1 aromatic rings. The molecule has 0 spiro atoms. The summed E-state index contributed by atoms with van der Waals surface area (Å²) in [7, 11) is 0. The zero-order valence-corrected chi connectivity index (χ0v) is 12.4. The molecule has 2 rings (SSSR count). The summed E-state index contributed by atoms with van der Waals surface area (Å²) in [6.45, 7) is 4.24. The molecule has 0 aliphatic carbocycles. The van der Waals surface area contributed by atoms with Crippen LogP contribution in [0.25, 0.3) is 0 Å². The van der Waals surface area contributed by atoms with Crippen LogP contribution in [0.4, 0.5) is 5.69 Å². The maximum absolute atomic E-state index is 6.08. The summed E-state index contributed by atoms with van der Waals surface area (Å²) in [5, 5.41) is 4.28. The molecule has 2 unspecified atom stereocenters. The third kappa shape index (κ3) is 3.36. The van der Waals surface area contributed by atoms with E-state index in [0.29, 0.717) is 18.2 Å². The molecule has 94 valence electrons. The molecule has 1 heterocycles. The third-order valence-corrected chi connectivity index (χ3v) is 4.41. The Morgan fingerprint density at radius 3 is 2.59 bits per heavy atom. The molecule has 0 amide bonds. The van der Waals surface area contributed by atoms with Gasteiger partial charge in [0.05, 0.1) is 27.4 Å². The molecule has 1 saturated heterocycles. The van der Waals surface area contributed by atoms with Crippen molar-refractivity contribution >= 4 is 33.2 Å².